The molecule has 0 aromatic carbocycles. The van der Waals surface area contributed by atoms with Crippen molar-refractivity contribution in [3.63, 3.8) is 0 Å². The highest BCUT2D eigenvalue weighted by Crippen LogP contribution is 2.14. The summed E-state index contributed by atoms with van der Waals surface area (Å²) in [6, 6.07) is 0. The summed E-state index contributed by atoms with van der Waals surface area (Å²) in [7, 11) is 0. The predicted octanol–water partition coefficient (Wildman–Crippen LogP) is 2.93. The molecule has 0 heterocycles. The molecule has 42 valence electrons. The molecule has 0 atom stereocenters. The lowest BCUT2D eigenvalue weighted by Gasteiger charge is -1.93. The standard InChI is InChI=1S/C4H5Cl3/c1-3(5)2-4(6)7/h4H,1-2H2. The molecule has 0 saturated heterocycles. The van der Waals surface area contributed by atoms with Crippen molar-refractivity contribution >= 4 is 34.8 Å². The highest BCUT2D eigenvalue weighted by atomic mass is 35.5. The van der Waals surface area contributed by atoms with E-state index in [1.165, 1.54) is 0 Å². The molecule has 7 heavy (non-hydrogen) atoms. The van der Waals surface area contributed by atoms with Gasteiger partial charge in [0, 0.05) is 11.5 Å². The summed E-state index contributed by atoms with van der Waals surface area (Å²) in [5.41, 5.74) is 0. The van der Waals surface area contributed by atoms with Gasteiger partial charge in [0.05, 0.1) is 0 Å². The molecule has 0 nitrogen and oxygen atoms in total. The van der Waals surface area contributed by atoms with E-state index in [-0.39, 0.29) is 0 Å². The highest BCUT2D eigenvalue weighted by Gasteiger charge is 1.97. The SMILES string of the molecule is C=C(Cl)CC(Cl)Cl. The van der Waals surface area contributed by atoms with Gasteiger partial charge >= 0.3 is 0 Å². The molecule has 0 aliphatic rings. The summed E-state index contributed by atoms with van der Waals surface area (Å²) >= 11 is 15.9. The smallest absolute Gasteiger partial charge is 0.105 e. The molecule has 0 spiro atoms. The average Bonchev–Trinajstić information content (AvgIpc) is 1.27. The molecule has 0 aromatic heterocycles. The van der Waals surface area contributed by atoms with E-state index in [1.807, 2.05) is 0 Å². The van der Waals surface area contributed by atoms with Gasteiger partial charge in [-0.1, -0.05) is 18.2 Å². The molecule has 0 saturated carbocycles. The molecule has 0 aromatic rings. The van der Waals surface area contributed by atoms with Gasteiger partial charge in [-0.15, -0.1) is 23.2 Å². The molecule has 0 aliphatic carbocycles. The molecule has 0 amide bonds. The summed E-state index contributed by atoms with van der Waals surface area (Å²) < 4.78 is 0. The zero-order chi connectivity index (χ0) is 5.86. The van der Waals surface area contributed by atoms with Crippen LogP contribution in [0.1, 0.15) is 6.42 Å². The van der Waals surface area contributed by atoms with Gasteiger partial charge in [0.1, 0.15) is 4.84 Å². The molecule has 0 rings (SSSR count). The second-order valence-corrected chi connectivity index (χ2v) is 2.92. The fraction of sp³-hybridized carbons (Fsp3) is 0.500. The molecule has 0 fully saturated rings. The van der Waals surface area contributed by atoms with E-state index < -0.39 is 4.84 Å². The summed E-state index contributed by atoms with van der Waals surface area (Å²) in [4.78, 5) is -0.412. The largest absolute Gasteiger partial charge is 0.112 e. The summed E-state index contributed by atoms with van der Waals surface area (Å²) in [5, 5.41) is 0.495. The van der Waals surface area contributed by atoms with Gasteiger partial charge in [-0.05, 0) is 0 Å². The summed E-state index contributed by atoms with van der Waals surface area (Å²) in [5.74, 6) is 0. The number of hydrogen-bond acceptors (Lipinski definition) is 0. The molecule has 0 radical (unpaired) electrons. The van der Waals surface area contributed by atoms with Gasteiger partial charge < -0.3 is 0 Å². The monoisotopic (exact) mass is 158 g/mol. The van der Waals surface area contributed by atoms with Gasteiger partial charge in [-0.3, -0.25) is 0 Å². The van der Waals surface area contributed by atoms with Crippen molar-refractivity contribution < 1.29 is 0 Å². The van der Waals surface area contributed by atoms with E-state index in [0.29, 0.717) is 11.5 Å². The Hall–Kier alpha value is 0.610. The quantitative estimate of drug-likeness (QED) is 0.544. The van der Waals surface area contributed by atoms with Gasteiger partial charge in [-0.2, -0.15) is 0 Å². The first-order valence-electron chi connectivity index (χ1n) is 1.74. The minimum absolute atomic E-state index is 0.412. The van der Waals surface area contributed by atoms with Gasteiger partial charge in [0.25, 0.3) is 0 Å². The van der Waals surface area contributed by atoms with Crippen LogP contribution in [0.15, 0.2) is 11.6 Å². The Labute approximate surface area is 58.1 Å². The van der Waals surface area contributed by atoms with Crippen molar-refractivity contribution in [2.24, 2.45) is 0 Å². The Morgan fingerprint density at radius 3 is 2.00 bits per heavy atom. The van der Waals surface area contributed by atoms with Crippen molar-refractivity contribution in [2.45, 2.75) is 11.3 Å². The lowest BCUT2D eigenvalue weighted by molar-refractivity contribution is 1.14. The molecule has 0 aliphatic heterocycles. The number of hydrogen-bond donors (Lipinski definition) is 0. The summed E-state index contributed by atoms with van der Waals surface area (Å²) in [6.45, 7) is 3.39. The maximum absolute atomic E-state index is 5.31. The van der Waals surface area contributed by atoms with Crippen LogP contribution in [0.3, 0.4) is 0 Å². The van der Waals surface area contributed by atoms with Crippen molar-refractivity contribution in [1.29, 1.82) is 0 Å². The third kappa shape index (κ3) is 6.61. The van der Waals surface area contributed by atoms with E-state index in [0.717, 1.165) is 0 Å². The van der Waals surface area contributed by atoms with Crippen LogP contribution >= 0.6 is 34.8 Å². The average molecular weight is 159 g/mol. The van der Waals surface area contributed by atoms with E-state index >= 15 is 0 Å². The van der Waals surface area contributed by atoms with Crippen molar-refractivity contribution in [3.05, 3.63) is 11.6 Å². The highest BCUT2D eigenvalue weighted by molar-refractivity contribution is 6.45. The zero-order valence-electron chi connectivity index (χ0n) is 3.63. The Balaban J connectivity index is 3.13. The lowest BCUT2D eigenvalue weighted by Crippen LogP contribution is -1.82. The van der Waals surface area contributed by atoms with Gasteiger partial charge in [0.15, 0.2) is 0 Å². The van der Waals surface area contributed by atoms with Crippen molar-refractivity contribution in [3.8, 4) is 0 Å². The molecule has 0 bridgehead atoms. The topological polar surface area (TPSA) is 0 Å². The lowest BCUT2D eigenvalue weighted by atomic mass is 10.5. The normalized spacial score (nSPS) is 9.71. The van der Waals surface area contributed by atoms with Gasteiger partial charge in [0.2, 0.25) is 0 Å². The van der Waals surface area contributed by atoms with Crippen molar-refractivity contribution in [1.82, 2.24) is 0 Å². The van der Waals surface area contributed by atoms with Crippen LogP contribution < -0.4 is 0 Å². The van der Waals surface area contributed by atoms with Crippen LogP contribution in [-0.4, -0.2) is 4.84 Å². The fourth-order valence-corrected chi connectivity index (χ4v) is 0.852. The van der Waals surface area contributed by atoms with E-state index in [2.05, 4.69) is 6.58 Å². The first-order valence-corrected chi connectivity index (χ1v) is 2.99. The third-order valence-corrected chi connectivity index (χ3v) is 0.839. The van der Waals surface area contributed by atoms with E-state index in [4.69, 9.17) is 34.8 Å². The number of halogens is 3. The van der Waals surface area contributed by atoms with Crippen LogP contribution in [0.5, 0.6) is 0 Å². The van der Waals surface area contributed by atoms with Crippen LogP contribution in [-0.2, 0) is 0 Å². The van der Waals surface area contributed by atoms with Gasteiger partial charge in [-0.25, -0.2) is 0 Å². The number of alkyl halides is 2. The zero-order valence-corrected chi connectivity index (χ0v) is 5.89. The predicted molar refractivity (Wildman–Crippen MR) is 35.1 cm³/mol. The Kier molecular flexibility index (Phi) is 3.91. The first kappa shape index (κ1) is 7.61. The Bertz CT molecular complexity index is 67.3. The Morgan fingerprint density at radius 1 is 1.57 bits per heavy atom. The first-order chi connectivity index (χ1) is 3.13. The molecule has 3 heteroatoms. The fourth-order valence-electron chi connectivity index (χ4n) is 0.167. The summed E-state index contributed by atoms with van der Waals surface area (Å²) in [6.07, 6.45) is 0.463. The van der Waals surface area contributed by atoms with Crippen LogP contribution in [0.25, 0.3) is 0 Å². The molecular formula is C4H5Cl3. The maximum atomic E-state index is 5.31. The van der Waals surface area contributed by atoms with Crippen LogP contribution in [0, 0.1) is 0 Å². The van der Waals surface area contributed by atoms with E-state index in [9.17, 15) is 0 Å². The molecule has 0 N–H and O–H groups in total. The minimum atomic E-state index is -0.412. The number of allylic oxidation sites excluding steroid dienone is 1. The molecule has 0 unspecified atom stereocenters. The van der Waals surface area contributed by atoms with E-state index in [1.54, 1.807) is 0 Å². The number of rotatable bonds is 2. The molecular weight excluding hydrogens is 154 g/mol. The van der Waals surface area contributed by atoms with Crippen LogP contribution in [0.2, 0.25) is 0 Å². The third-order valence-electron chi connectivity index (χ3n) is 0.376. The second kappa shape index (κ2) is 3.59. The second-order valence-electron chi connectivity index (χ2n) is 1.11. The Morgan fingerprint density at radius 2 is 2.00 bits per heavy atom. The minimum Gasteiger partial charge on any atom is -0.105 e. The van der Waals surface area contributed by atoms with Crippen LogP contribution in [0.4, 0.5) is 0 Å². The van der Waals surface area contributed by atoms with Crippen molar-refractivity contribution in [2.75, 3.05) is 0 Å². The maximum Gasteiger partial charge on any atom is 0.112 e.